The number of benzene rings is 1. The average Bonchev–Trinajstić information content (AvgIpc) is 3.08. The first-order valence-electron chi connectivity index (χ1n) is 10.2. The lowest BCUT2D eigenvalue weighted by Gasteiger charge is -2.21. The molecule has 2 fully saturated rings. The Balaban J connectivity index is 1.16. The summed E-state index contributed by atoms with van der Waals surface area (Å²) >= 11 is 5.87. The monoisotopic (exact) mass is 434 g/mol. The predicted molar refractivity (Wildman–Crippen MR) is 115 cm³/mol. The van der Waals surface area contributed by atoms with E-state index in [1.807, 2.05) is 0 Å². The zero-order chi connectivity index (χ0) is 21.1. The third kappa shape index (κ3) is 3.18. The van der Waals surface area contributed by atoms with Crippen LogP contribution in [0.1, 0.15) is 23.2 Å². The van der Waals surface area contributed by atoms with Crippen molar-refractivity contribution in [3.8, 4) is 0 Å². The molecule has 3 aromatic heterocycles. The smallest absolute Gasteiger partial charge is 0.263 e. The summed E-state index contributed by atoms with van der Waals surface area (Å²) in [6.45, 7) is 4.30. The molecule has 9 heteroatoms. The molecule has 0 N–H and O–H groups in total. The van der Waals surface area contributed by atoms with Crippen molar-refractivity contribution in [2.45, 2.75) is 19.4 Å². The minimum atomic E-state index is -0.217. The first-order valence-corrected chi connectivity index (χ1v) is 10.6. The molecule has 1 saturated heterocycles. The molecule has 4 aromatic rings. The average molecular weight is 435 g/mol. The van der Waals surface area contributed by atoms with Gasteiger partial charge in [-0.15, -0.1) is 0 Å². The number of nitrogens with zero attached hydrogens (tertiary/aromatic N) is 6. The Morgan fingerprint density at radius 1 is 1.16 bits per heavy atom. The second kappa shape index (κ2) is 6.88. The Kier molecular flexibility index (Phi) is 4.11. The van der Waals surface area contributed by atoms with Gasteiger partial charge in [0.2, 0.25) is 5.89 Å². The molecule has 0 bridgehead atoms. The highest BCUT2D eigenvalue weighted by molar-refractivity contribution is 6.29. The van der Waals surface area contributed by atoms with Crippen LogP contribution in [0.2, 0.25) is 5.15 Å². The van der Waals surface area contributed by atoms with Gasteiger partial charge < -0.3 is 9.42 Å². The number of piperidine rings is 1. The van der Waals surface area contributed by atoms with Gasteiger partial charge in [0.1, 0.15) is 18.0 Å². The molecule has 0 radical (unpaired) electrons. The molecule has 156 valence electrons. The van der Waals surface area contributed by atoms with Crippen LogP contribution in [0.5, 0.6) is 0 Å². The van der Waals surface area contributed by atoms with Crippen LogP contribution in [0.4, 0.5) is 5.69 Å². The highest BCUT2D eigenvalue weighted by Crippen LogP contribution is 2.57. The fourth-order valence-electron chi connectivity index (χ4n) is 4.69. The van der Waals surface area contributed by atoms with Gasteiger partial charge in [-0.25, -0.2) is 9.97 Å². The lowest BCUT2D eigenvalue weighted by Crippen LogP contribution is -2.23. The molecule has 8 nitrogen and oxygen atoms in total. The minimum absolute atomic E-state index is 0.175. The summed E-state index contributed by atoms with van der Waals surface area (Å²) in [4.78, 5) is 28.0. The lowest BCUT2D eigenvalue weighted by atomic mass is 10.2. The summed E-state index contributed by atoms with van der Waals surface area (Å²) in [6, 6.07) is 11.8. The molecule has 6 rings (SSSR count). The number of hydrogen-bond acceptors (Lipinski definition) is 7. The summed E-state index contributed by atoms with van der Waals surface area (Å²) in [5.41, 5.74) is 2.66. The van der Waals surface area contributed by atoms with Crippen molar-refractivity contribution in [3.05, 3.63) is 75.5 Å². The summed E-state index contributed by atoms with van der Waals surface area (Å²) in [5, 5.41) is 4.91. The maximum Gasteiger partial charge on any atom is 0.263 e. The highest BCUT2D eigenvalue weighted by atomic mass is 35.5. The number of aryl methyl sites for hydroxylation is 1. The summed E-state index contributed by atoms with van der Waals surface area (Å²) in [7, 11) is 0. The van der Waals surface area contributed by atoms with E-state index in [9.17, 15) is 4.79 Å². The summed E-state index contributed by atoms with van der Waals surface area (Å²) in [6.07, 6.45) is 1.43. The Labute approximate surface area is 182 Å². The first-order chi connectivity index (χ1) is 15.1. The second-order valence-corrected chi connectivity index (χ2v) is 8.71. The van der Waals surface area contributed by atoms with E-state index in [1.165, 1.54) is 22.1 Å². The van der Waals surface area contributed by atoms with E-state index in [2.05, 4.69) is 56.2 Å². The van der Waals surface area contributed by atoms with Crippen LogP contribution in [-0.4, -0.2) is 37.8 Å². The molecular formula is C22H19ClN6O2. The number of hydrogen-bond donors (Lipinski definition) is 0. The molecule has 1 saturated carbocycles. The number of halogens is 1. The summed E-state index contributed by atoms with van der Waals surface area (Å²) < 4.78 is 6.90. The van der Waals surface area contributed by atoms with Crippen LogP contribution in [0, 0.1) is 18.8 Å². The van der Waals surface area contributed by atoms with Gasteiger partial charge in [-0.3, -0.25) is 9.36 Å². The van der Waals surface area contributed by atoms with Gasteiger partial charge in [-0.2, -0.15) is 4.98 Å². The number of pyridine rings is 1. The van der Waals surface area contributed by atoms with Crippen molar-refractivity contribution in [2.75, 3.05) is 18.0 Å². The van der Waals surface area contributed by atoms with Crippen molar-refractivity contribution in [3.63, 3.8) is 0 Å². The number of rotatable bonds is 4. The maximum atomic E-state index is 12.7. The van der Waals surface area contributed by atoms with E-state index in [-0.39, 0.29) is 12.1 Å². The predicted octanol–water partition coefficient (Wildman–Crippen LogP) is 3.03. The van der Waals surface area contributed by atoms with Crippen LogP contribution in [0.25, 0.3) is 11.0 Å². The Morgan fingerprint density at radius 2 is 2.00 bits per heavy atom. The zero-order valence-electron chi connectivity index (χ0n) is 16.8. The highest BCUT2D eigenvalue weighted by Gasteiger charge is 2.58. The van der Waals surface area contributed by atoms with E-state index in [4.69, 9.17) is 16.1 Å². The molecule has 0 spiro atoms. The van der Waals surface area contributed by atoms with Crippen molar-refractivity contribution in [2.24, 2.45) is 11.8 Å². The Morgan fingerprint density at radius 3 is 2.81 bits per heavy atom. The molecule has 1 unspecified atom stereocenters. The number of anilines is 1. The van der Waals surface area contributed by atoms with Crippen LogP contribution in [0.3, 0.4) is 0 Å². The molecule has 1 aliphatic carbocycles. The third-order valence-electron chi connectivity index (χ3n) is 6.30. The molecule has 1 aromatic carbocycles. The Hall–Kier alpha value is -3.26. The van der Waals surface area contributed by atoms with E-state index < -0.39 is 0 Å². The normalized spacial score (nSPS) is 22.1. The van der Waals surface area contributed by atoms with E-state index in [0.717, 1.165) is 18.9 Å². The van der Waals surface area contributed by atoms with Crippen molar-refractivity contribution >= 4 is 28.3 Å². The zero-order valence-corrected chi connectivity index (χ0v) is 17.5. The molecule has 3 atom stereocenters. The van der Waals surface area contributed by atoms with Crippen LogP contribution < -0.4 is 10.5 Å². The molecular weight excluding hydrogens is 416 g/mol. The van der Waals surface area contributed by atoms with Crippen LogP contribution in [0.15, 0.2) is 52.0 Å². The van der Waals surface area contributed by atoms with E-state index in [1.54, 1.807) is 12.1 Å². The van der Waals surface area contributed by atoms with Gasteiger partial charge in [0.25, 0.3) is 5.56 Å². The SMILES string of the molecule is Cc1cccc(N2C[C@@H]3C(c4noc(Cn5cnc6nc(Cl)ccc6c5=O)n4)[C@@H]3C2)c1. The van der Waals surface area contributed by atoms with Gasteiger partial charge in [0.15, 0.2) is 11.5 Å². The van der Waals surface area contributed by atoms with Gasteiger partial charge >= 0.3 is 0 Å². The first kappa shape index (κ1) is 18.5. The molecule has 31 heavy (non-hydrogen) atoms. The van der Waals surface area contributed by atoms with Gasteiger partial charge in [-0.1, -0.05) is 28.9 Å². The maximum absolute atomic E-state index is 12.7. The van der Waals surface area contributed by atoms with Crippen molar-refractivity contribution in [1.82, 2.24) is 24.7 Å². The fraction of sp³-hybridized carbons (Fsp3) is 0.318. The standard InChI is InChI=1S/C22H19ClN6O2/c1-12-3-2-4-13(7-12)28-8-15-16(9-28)19(15)21-26-18(31-27-21)10-29-11-24-20-14(22(29)30)5-6-17(23)25-20/h2-7,11,15-16,19H,8-10H2,1H3/t15-,16+,19?. The van der Waals surface area contributed by atoms with Crippen LogP contribution in [-0.2, 0) is 6.54 Å². The summed E-state index contributed by atoms with van der Waals surface area (Å²) in [5.74, 6) is 2.57. The van der Waals surface area contributed by atoms with Gasteiger partial charge in [0.05, 0.1) is 5.39 Å². The fourth-order valence-corrected chi connectivity index (χ4v) is 4.84. The molecule has 0 amide bonds. The van der Waals surface area contributed by atoms with Crippen molar-refractivity contribution in [1.29, 1.82) is 0 Å². The second-order valence-electron chi connectivity index (χ2n) is 8.33. The molecule has 1 aliphatic heterocycles. The Bertz CT molecular complexity index is 1350. The largest absolute Gasteiger partial charge is 0.371 e. The topological polar surface area (TPSA) is 89.9 Å². The number of fused-ring (bicyclic) bond motifs is 2. The van der Waals surface area contributed by atoms with E-state index >= 15 is 0 Å². The van der Waals surface area contributed by atoms with E-state index in [0.29, 0.717) is 39.8 Å². The van der Waals surface area contributed by atoms with Gasteiger partial charge in [0, 0.05) is 24.7 Å². The lowest BCUT2D eigenvalue weighted by molar-refractivity contribution is 0.363. The van der Waals surface area contributed by atoms with Crippen LogP contribution >= 0.6 is 11.6 Å². The number of aromatic nitrogens is 5. The van der Waals surface area contributed by atoms with Gasteiger partial charge in [-0.05, 0) is 48.6 Å². The third-order valence-corrected chi connectivity index (χ3v) is 6.51. The quantitative estimate of drug-likeness (QED) is 0.456. The minimum Gasteiger partial charge on any atom is -0.371 e. The molecule has 2 aliphatic rings. The van der Waals surface area contributed by atoms with Crippen molar-refractivity contribution < 1.29 is 4.52 Å². The molecule has 4 heterocycles.